The van der Waals surface area contributed by atoms with Crippen LogP contribution < -0.4 is 0 Å². The maximum atomic E-state index is 12.7. The van der Waals surface area contributed by atoms with Crippen molar-refractivity contribution in [2.24, 2.45) is 0 Å². The molecule has 0 spiro atoms. The first-order chi connectivity index (χ1) is 14.0. The molecule has 0 aliphatic carbocycles. The molecule has 0 N–H and O–H groups in total. The SMILES string of the molecule is Cc1ccccc1-c1noc(CCc2ccc(S(=O)(=O)N3CCOCC3)cc2)n1. The van der Waals surface area contributed by atoms with Gasteiger partial charge in [-0.2, -0.15) is 9.29 Å². The highest BCUT2D eigenvalue weighted by molar-refractivity contribution is 7.89. The zero-order valence-corrected chi connectivity index (χ0v) is 17.1. The van der Waals surface area contributed by atoms with Crippen molar-refractivity contribution in [3.8, 4) is 11.4 Å². The Bertz CT molecular complexity index is 1070. The van der Waals surface area contributed by atoms with Gasteiger partial charge in [0.05, 0.1) is 18.1 Å². The number of aromatic nitrogens is 2. The molecule has 7 nitrogen and oxygen atoms in total. The van der Waals surface area contributed by atoms with E-state index >= 15 is 0 Å². The van der Waals surface area contributed by atoms with Crippen molar-refractivity contribution in [1.29, 1.82) is 0 Å². The molecule has 1 aromatic heterocycles. The number of nitrogens with zero attached hydrogens (tertiary/aromatic N) is 3. The second-order valence-corrected chi connectivity index (χ2v) is 8.92. The molecule has 0 radical (unpaired) electrons. The topological polar surface area (TPSA) is 85.5 Å². The van der Waals surface area contributed by atoms with Crippen LogP contribution in [0.25, 0.3) is 11.4 Å². The lowest BCUT2D eigenvalue weighted by Gasteiger charge is -2.26. The second-order valence-electron chi connectivity index (χ2n) is 6.99. The Hall–Kier alpha value is -2.55. The molecule has 0 atom stereocenters. The summed E-state index contributed by atoms with van der Waals surface area (Å²) >= 11 is 0. The first-order valence-corrected chi connectivity index (χ1v) is 11.0. The molecule has 2 heterocycles. The van der Waals surface area contributed by atoms with Crippen LogP contribution in [0.2, 0.25) is 0 Å². The summed E-state index contributed by atoms with van der Waals surface area (Å²) in [6.07, 6.45) is 1.28. The van der Waals surface area contributed by atoms with Crippen LogP contribution in [0.3, 0.4) is 0 Å². The van der Waals surface area contributed by atoms with Crippen LogP contribution in [-0.2, 0) is 27.6 Å². The van der Waals surface area contributed by atoms with Crippen molar-refractivity contribution >= 4 is 10.0 Å². The maximum absolute atomic E-state index is 12.7. The molecule has 0 unspecified atom stereocenters. The van der Waals surface area contributed by atoms with E-state index in [9.17, 15) is 8.42 Å². The van der Waals surface area contributed by atoms with Crippen LogP contribution in [-0.4, -0.2) is 49.2 Å². The lowest BCUT2D eigenvalue weighted by atomic mass is 10.1. The van der Waals surface area contributed by atoms with E-state index in [-0.39, 0.29) is 0 Å². The Labute approximate surface area is 170 Å². The molecule has 29 heavy (non-hydrogen) atoms. The monoisotopic (exact) mass is 413 g/mol. The number of sulfonamides is 1. The summed E-state index contributed by atoms with van der Waals surface area (Å²) in [4.78, 5) is 4.79. The van der Waals surface area contributed by atoms with E-state index in [0.717, 1.165) is 16.7 Å². The van der Waals surface area contributed by atoms with Crippen LogP contribution in [0.4, 0.5) is 0 Å². The van der Waals surface area contributed by atoms with Crippen molar-refractivity contribution in [3.63, 3.8) is 0 Å². The summed E-state index contributed by atoms with van der Waals surface area (Å²) in [7, 11) is -3.46. The fourth-order valence-electron chi connectivity index (χ4n) is 3.30. The minimum atomic E-state index is -3.46. The summed E-state index contributed by atoms with van der Waals surface area (Å²) in [5.74, 6) is 1.15. The highest BCUT2D eigenvalue weighted by Crippen LogP contribution is 2.21. The largest absolute Gasteiger partial charge is 0.379 e. The third-order valence-corrected chi connectivity index (χ3v) is 6.93. The Morgan fingerprint density at radius 1 is 1.00 bits per heavy atom. The van der Waals surface area contributed by atoms with Gasteiger partial charge in [-0.25, -0.2) is 8.42 Å². The number of aryl methyl sites for hydroxylation is 3. The number of hydrogen-bond donors (Lipinski definition) is 0. The molecule has 2 aromatic carbocycles. The van der Waals surface area contributed by atoms with Gasteiger partial charge in [0.15, 0.2) is 0 Å². The molecule has 1 fully saturated rings. The average molecular weight is 413 g/mol. The fourth-order valence-corrected chi connectivity index (χ4v) is 4.71. The lowest BCUT2D eigenvalue weighted by molar-refractivity contribution is 0.0730. The molecule has 3 aromatic rings. The highest BCUT2D eigenvalue weighted by atomic mass is 32.2. The highest BCUT2D eigenvalue weighted by Gasteiger charge is 2.26. The Morgan fingerprint density at radius 2 is 1.72 bits per heavy atom. The van der Waals surface area contributed by atoms with E-state index < -0.39 is 10.0 Å². The van der Waals surface area contributed by atoms with Crippen molar-refractivity contribution in [1.82, 2.24) is 14.4 Å². The number of rotatable bonds is 6. The molecule has 1 aliphatic rings. The summed E-state index contributed by atoms with van der Waals surface area (Å²) in [5.41, 5.74) is 3.07. The van der Waals surface area contributed by atoms with E-state index in [1.807, 2.05) is 43.3 Å². The number of ether oxygens (including phenoxy) is 1. The van der Waals surface area contributed by atoms with Crippen LogP contribution in [0.1, 0.15) is 17.0 Å². The van der Waals surface area contributed by atoms with Gasteiger partial charge < -0.3 is 9.26 Å². The molecule has 4 rings (SSSR count). The third kappa shape index (κ3) is 4.39. The van der Waals surface area contributed by atoms with Gasteiger partial charge in [0.1, 0.15) is 0 Å². The first kappa shape index (κ1) is 19.8. The minimum absolute atomic E-state index is 0.308. The molecule has 152 valence electrons. The van der Waals surface area contributed by atoms with Crippen molar-refractivity contribution in [2.75, 3.05) is 26.3 Å². The lowest BCUT2D eigenvalue weighted by Crippen LogP contribution is -2.40. The van der Waals surface area contributed by atoms with Gasteiger partial charge in [0.25, 0.3) is 0 Å². The third-order valence-electron chi connectivity index (χ3n) is 5.01. The summed E-state index contributed by atoms with van der Waals surface area (Å²) < 4.78 is 37.4. The quantitative estimate of drug-likeness (QED) is 0.618. The zero-order chi connectivity index (χ0) is 20.3. The summed E-state index contributed by atoms with van der Waals surface area (Å²) in [6.45, 7) is 3.67. The van der Waals surface area contributed by atoms with Crippen LogP contribution >= 0.6 is 0 Å². The standard InChI is InChI=1S/C21H23N3O4S/c1-16-4-2-3-5-19(16)21-22-20(28-23-21)11-8-17-6-9-18(10-7-17)29(25,26)24-12-14-27-15-13-24/h2-7,9-10H,8,11-15H2,1H3. The molecule has 8 heteroatoms. The van der Waals surface area contributed by atoms with Gasteiger partial charge in [-0.1, -0.05) is 41.6 Å². The minimum Gasteiger partial charge on any atom is -0.379 e. The van der Waals surface area contributed by atoms with Crippen molar-refractivity contribution in [2.45, 2.75) is 24.7 Å². The molecule has 0 bridgehead atoms. The maximum Gasteiger partial charge on any atom is 0.243 e. The molecule has 0 amide bonds. The van der Waals surface area contributed by atoms with Gasteiger partial charge in [-0.3, -0.25) is 0 Å². The number of hydrogen-bond acceptors (Lipinski definition) is 6. The number of morpholine rings is 1. The fraction of sp³-hybridized carbons (Fsp3) is 0.333. The van der Waals surface area contributed by atoms with Gasteiger partial charge in [0, 0.05) is 25.1 Å². The van der Waals surface area contributed by atoms with E-state index in [2.05, 4.69) is 10.1 Å². The molecule has 1 saturated heterocycles. The predicted octanol–water partition coefficient (Wildman–Crippen LogP) is 2.85. The second kappa shape index (κ2) is 8.44. The number of benzene rings is 2. The smallest absolute Gasteiger partial charge is 0.243 e. The van der Waals surface area contributed by atoms with Gasteiger partial charge in [-0.05, 0) is 36.6 Å². The van der Waals surface area contributed by atoms with Crippen LogP contribution in [0.15, 0.2) is 57.9 Å². The van der Waals surface area contributed by atoms with E-state index in [4.69, 9.17) is 9.26 Å². The predicted molar refractivity (Wildman–Crippen MR) is 108 cm³/mol. The van der Waals surface area contributed by atoms with E-state index in [1.165, 1.54) is 4.31 Å². The van der Waals surface area contributed by atoms with E-state index in [1.54, 1.807) is 12.1 Å². The van der Waals surface area contributed by atoms with Gasteiger partial charge >= 0.3 is 0 Å². The molecule has 1 aliphatic heterocycles. The normalized spacial score (nSPS) is 15.5. The Kier molecular flexibility index (Phi) is 5.75. The van der Waals surface area contributed by atoms with E-state index in [0.29, 0.717) is 55.8 Å². The van der Waals surface area contributed by atoms with Gasteiger partial charge in [0.2, 0.25) is 21.7 Å². The summed E-state index contributed by atoms with van der Waals surface area (Å²) in [6, 6.07) is 14.9. The van der Waals surface area contributed by atoms with Crippen LogP contribution in [0.5, 0.6) is 0 Å². The van der Waals surface area contributed by atoms with Gasteiger partial charge in [-0.15, -0.1) is 0 Å². The molecule has 0 saturated carbocycles. The van der Waals surface area contributed by atoms with Crippen molar-refractivity contribution in [3.05, 3.63) is 65.5 Å². The van der Waals surface area contributed by atoms with Crippen LogP contribution in [0, 0.1) is 6.92 Å². The molecular weight excluding hydrogens is 390 g/mol. The molecular formula is C21H23N3O4S. The van der Waals surface area contributed by atoms with Crippen molar-refractivity contribution < 1.29 is 17.7 Å². The zero-order valence-electron chi connectivity index (χ0n) is 16.2. The average Bonchev–Trinajstić information content (AvgIpc) is 3.22. The Morgan fingerprint density at radius 3 is 2.45 bits per heavy atom. The first-order valence-electron chi connectivity index (χ1n) is 9.59. The summed E-state index contributed by atoms with van der Waals surface area (Å²) in [5, 5.41) is 4.08. The Balaban J connectivity index is 1.40.